The van der Waals surface area contributed by atoms with Gasteiger partial charge in [-0.25, -0.2) is 4.39 Å². The molecule has 0 heterocycles. The van der Waals surface area contributed by atoms with Crippen LogP contribution in [0.15, 0.2) is 0 Å². The molecule has 0 bridgehead atoms. The van der Waals surface area contributed by atoms with Crippen molar-refractivity contribution >= 4 is 15.9 Å². The summed E-state index contributed by atoms with van der Waals surface area (Å²) in [6.07, 6.45) is 0. The van der Waals surface area contributed by atoms with E-state index in [1.54, 1.807) is 0 Å². The molecule has 0 saturated heterocycles. The third-order valence-corrected chi connectivity index (χ3v) is 1.80. The maximum absolute atomic E-state index is 12.4. The van der Waals surface area contributed by atoms with Crippen molar-refractivity contribution < 1.29 is 13.2 Å². The van der Waals surface area contributed by atoms with Crippen molar-refractivity contribution in [3.63, 3.8) is 0 Å². The van der Waals surface area contributed by atoms with Crippen LogP contribution in [0, 0.1) is 0 Å². The third-order valence-electron chi connectivity index (χ3n) is 0.974. The van der Waals surface area contributed by atoms with Crippen LogP contribution in [0.4, 0.5) is 13.2 Å². The Morgan fingerprint density at radius 2 is 1.78 bits per heavy atom. The first kappa shape index (κ1) is 9.23. The Balaban J connectivity index is 4.14. The molecule has 1 unspecified atom stereocenters. The molecule has 0 aliphatic carbocycles. The Kier molecular flexibility index (Phi) is 2.52. The first-order valence-electron chi connectivity index (χ1n) is 2.27. The quantitative estimate of drug-likeness (QED) is 0.683. The fourth-order valence-electron chi connectivity index (χ4n) is 0.116. The zero-order valence-corrected chi connectivity index (χ0v) is 6.38. The van der Waals surface area contributed by atoms with Gasteiger partial charge >= 0.3 is 4.83 Å². The molecule has 0 spiro atoms. The van der Waals surface area contributed by atoms with Crippen molar-refractivity contribution in [2.75, 3.05) is 6.54 Å². The predicted molar refractivity (Wildman–Crippen MR) is 32.4 cm³/mol. The average molecular weight is 206 g/mol. The molecule has 0 radical (unpaired) electrons. The minimum atomic E-state index is -3.53. The number of nitrogens with two attached hydrogens (primary N) is 1. The van der Waals surface area contributed by atoms with E-state index >= 15 is 0 Å². The number of alkyl halides is 4. The second kappa shape index (κ2) is 2.46. The van der Waals surface area contributed by atoms with Gasteiger partial charge in [-0.2, -0.15) is 8.78 Å². The topological polar surface area (TPSA) is 26.0 Å². The van der Waals surface area contributed by atoms with Crippen molar-refractivity contribution in [2.45, 2.75) is 17.4 Å². The molecule has 0 aromatic rings. The summed E-state index contributed by atoms with van der Waals surface area (Å²) in [5.41, 5.74) is 2.05. The van der Waals surface area contributed by atoms with Crippen LogP contribution in [-0.2, 0) is 0 Å². The summed E-state index contributed by atoms with van der Waals surface area (Å²) < 4.78 is 36.3. The first-order chi connectivity index (χ1) is 3.81. The van der Waals surface area contributed by atoms with E-state index in [-0.39, 0.29) is 0 Å². The highest BCUT2D eigenvalue weighted by molar-refractivity contribution is 9.10. The molecule has 0 aromatic heterocycles. The Morgan fingerprint density at radius 1 is 1.44 bits per heavy atom. The molecule has 0 aliphatic heterocycles. The van der Waals surface area contributed by atoms with Crippen molar-refractivity contribution in [1.82, 2.24) is 0 Å². The average Bonchev–Trinajstić information content (AvgIpc) is 1.64. The smallest absolute Gasteiger partial charge is 0.327 e. The van der Waals surface area contributed by atoms with Crippen LogP contribution >= 0.6 is 15.9 Å². The van der Waals surface area contributed by atoms with Crippen molar-refractivity contribution in [3.05, 3.63) is 0 Å². The normalized spacial score (nSPS) is 19.3. The van der Waals surface area contributed by atoms with E-state index in [1.807, 2.05) is 15.9 Å². The Morgan fingerprint density at radius 3 is 1.78 bits per heavy atom. The largest absolute Gasteiger partial charge is 0.335 e. The van der Waals surface area contributed by atoms with Crippen LogP contribution in [0.3, 0.4) is 0 Å². The van der Waals surface area contributed by atoms with Gasteiger partial charge in [0.15, 0.2) is 5.67 Å². The molecule has 2 N–H and O–H groups in total. The predicted octanol–water partition coefficient (Wildman–Crippen LogP) is 1.66. The SMILES string of the molecule is CC(F)(CN)C(F)(F)Br. The van der Waals surface area contributed by atoms with Gasteiger partial charge < -0.3 is 5.73 Å². The molecule has 0 saturated carbocycles. The lowest BCUT2D eigenvalue weighted by molar-refractivity contribution is -0.0404. The number of halogens is 4. The van der Waals surface area contributed by atoms with Crippen LogP contribution in [0.2, 0.25) is 0 Å². The summed E-state index contributed by atoms with van der Waals surface area (Å²) in [5, 5.41) is 0. The van der Waals surface area contributed by atoms with Crippen LogP contribution < -0.4 is 5.73 Å². The molecule has 0 rings (SSSR count). The minimum Gasteiger partial charge on any atom is -0.327 e. The van der Waals surface area contributed by atoms with Crippen LogP contribution in [0.1, 0.15) is 6.92 Å². The number of rotatable bonds is 2. The second-order valence-corrected chi connectivity index (χ2v) is 2.90. The van der Waals surface area contributed by atoms with E-state index in [1.165, 1.54) is 0 Å². The molecule has 0 amide bonds. The van der Waals surface area contributed by atoms with E-state index in [9.17, 15) is 13.2 Å². The van der Waals surface area contributed by atoms with Crippen LogP contribution in [0.5, 0.6) is 0 Å². The van der Waals surface area contributed by atoms with Crippen LogP contribution in [-0.4, -0.2) is 17.0 Å². The van der Waals surface area contributed by atoms with E-state index in [4.69, 9.17) is 5.73 Å². The molecule has 56 valence electrons. The van der Waals surface area contributed by atoms with E-state index < -0.39 is 17.0 Å². The maximum Gasteiger partial charge on any atom is 0.335 e. The van der Waals surface area contributed by atoms with Gasteiger partial charge in [0.1, 0.15) is 0 Å². The lowest BCUT2D eigenvalue weighted by Crippen LogP contribution is -2.43. The Labute approximate surface area is 59.5 Å². The third kappa shape index (κ3) is 2.14. The number of hydrogen-bond acceptors (Lipinski definition) is 1. The van der Waals surface area contributed by atoms with Gasteiger partial charge in [-0.3, -0.25) is 0 Å². The highest BCUT2D eigenvalue weighted by Crippen LogP contribution is 2.36. The highest BCUT2D eigenvalue weighted by atomic mass is 79.9. The van der Waals surface area contributed by atoms with Gasteiger partial charge in [-0.15, -0.1) is 0 Å². The Bertz CT molecular complexity index is 98.5. The highest BCUT2D eigenvalue weighted by Gasteiger charge is 2.47. The first-order valence-corrected chi connectivity index (χ1v) is 3.06. The molecule has 0 fully saturated rings. The zero-order chi connectivity index (χ0) is 7.71. The summed E-state index contributed by atoms with van der Waals surface area (Å²) in [7, 11) is 0. The van der Waals surface area contributed by atoms with E-state index in [0.717, 1.165) is 6.92 Å². The van der Waals surface area contributed by atoms with Gasteiger partial charge in [0.05, 0.1) is 0 Å². The second-order valence-electron chi connectivity index (χ2n) is 1.90. The molecule has 0 aromatic carbocycles. The van der Waals surface area contributed by atoms with Crippen molar-refractivity contribution in [2.24, 2.45) is 5.73 Å². The van der Waals surface area contributed by atoms with E-state index in [0.29, 0.717) is 0 Å². The molecular weight excluding hydrogens is 199 g/mol. The molecule has 0 aliphatic rings. The lowest BCUT2D eigenvalue weighted by Gasteiger charge is -2.22. The summed E-state index contributed by atoms with van der Waals surface area (Å²) in [4.78, 5) is -3.53. The van der Waals surface area contributed by atoms with Crippen LogP contribution in [0.25, 0.3) is 0 Å². The summed E-state index contributed by atoms with van der Waals surface area (Å²) in [6.45, 7) is 0.0347. The lowest BCUT2D eigenvalue weighted by atomic mass is 10.1. The molecule has 9 heavy (non-hydrogen) atoms. The van der Waals surface area contributed by atoms with Crippen molar-refractivity contribution in [1.29, 1.82) is 0 Å². The van der Waals surface area contributed by atoms with Gasteiger partial charge in [-0.1, -0.05) is 0 Å². The van der Waals surface area contributed by atoms with Gasteiger partial charge in [0, 0.05) is 6.54 Å². The van der Waals surface area contributed by atoms with Gasteiger partial charge in [-0.05, 0) is 22.9 Å². The van der Waals surface area contributed by atoms with Gasteiger partial charge in [0.2, 0.25) is 0 Å². The fourth-order valence-corrected chi connectivity index (χ4v) is 0.278. The van der Waals surface area contributed by atoms with Gasteiger partial charge in [0.25, 0.3) is 0 Å². The Hall–Kier alpha value is 0.230. The molecule has 1 nitrogen and oxygen atoms in total. The summed E-state index contributed by atoms with van der Waals surface area (Å²) in [5.74, 6) is 0. The molecular formula is C4H7BrF3N. The van der Waals surface area contributed by atoms with E-state index in [2.05, 4.69) is 0 Å². The monoisotopic (exact) mass is 205 g/mol. The van der Waals surface area contributed by atoms with Crippen molar-refractivity contribution in [3.8, 4) is 0 Å². The molecule has 5 heteroatoms. The standard InChI is InChI=1S/C4H7BrF3N/c1-3(6,2-9)4(5,7)8/h2,9H2,1H3. The molecule has 1 atom stereocenters. The fraction of sp³-hybridized carbons (Fsp3) is 1.00. The minimum absolute atomic E-state index is 0.703. The number of hydrogen-bond donors (Lipinski definition) is 1. The zero-order valence-electron chi connectivity index (χ0n) is 4.80. The summed E-state index contributed by atoms with van der Waals surface area (Å²) >= 11 is 1.87. The summed E-state index contributed by atoms with van der Waals surface area (Å²) in [6, 6.07) is 0. The maximum atomic E-state index is 12.4.